The van der Waals surface area contributed by atoms with Crippen molar-refractivity contribution in [3.05, 3.63) is 18.2 Å². The van der Waals surface area contributed by atoms with Crippen LogP contribution in [-0.2, 0) is 9.53 Å². The first-order valence-electron chi connectivity index (χ1n) is 7.16. The molecule has 1 aromatic heterocycles. The molecule has 2 heterocycles. The van der Waals surface area contributed by atoms with Gasteiger partial charge in [0.1, 0.15) is 6.04 Å². The smallest absolute Gasteiger partial charge is 0.245 e. The van der Waals surface area contributed by atoms with Crippen LogP contribution in [0.5, 0.6) is 0 Å². The van der Waals surface area contributed by atoms with Crippen molar-refractivity contribution in [2.45, 2.75) is 32.9 Å². The number of hydrogen-bond donors (Lipinski definition) is 1. The summed E-state index contributed by atoms with van der Waals surface area (Å²) in [7, 11) is 0. The van der Waals surface area contributed by atoms with Gasteiger partial charge in [-0.3, -0.25) is 4.79 Å². The number of amides is 1. The summed E-state index contributed by atoms with van der Waals surface area (Å²) in [5, 5.41) is 0. The van der Waals surface area contributed by atoms with Crippen LogP contribution in [0.4, 0.5) is 0 Å². The van der Waals surface area contributed by atoms with E-state index in [0.717, 1.165) is 5.69 Å². The van der Waals surface area contributed by atoms with Crippen molar-refractivity contribution in [3.8, 4) is 0 Å². The molecule has 6 heteroatoms. The van der Waals surface area contributed by atoms with E-state index in [1.54, 1.807) is 12.5 Å². The molecular formula is C14H24N4O2. The molecule has 2 rings (SSSR count). The highest BCUT2D eigenvalue weighted by atomic mass is 16.5. The number of carbonyl (C=O) groups is 1. The van der Waals surface area contributed by atoms with Gasteiger partial charge in [-0.1, -0.05) is 13.8 Å². The lowest BCUT2D eigenvalue weighted by atomic mass is 10.0. The highest BCUT2D eigenvalue weighted by molar-refractivity contribution is 5.80. The number of hydrogen-bond acceptors (Lipinski definition) is 4. The fraction of sp³-hybridized carbons (Fsp3) is 0.714. The summed E-state index contributed by atoms with van der Waals surface area (Å²) in [6.07, 6.45) is 3.45. The van der Waals surface area contributed by atoms with E-state index in [-0.39, 0.29) is 18.0 Å². The maximum absolute atomic E-state index is 12.5. The van der Waals surface area contributed by atoms with Crippen LogP contribution < -0.4 is 5.73 Å². The van der Waals surface area contributed by atoms with E-state index < -0.39 is 0 Å². The summed E-state index contributed by atoms with van der Waals surface area (Å²) in [5.41, 5.74) is 7.10. The van der Waals surface area contributed by atoms with Crippen LogP contribution in [-0.4, -0.2) is 46.7 Å². The Balaban J connectivity index is 2.14. The maximum atomic E-state index is 12.5. The van der Waals surface area contributed by atoms with Crippen molar-refractivity contribution < 1.29 is 9.53 Å². The van der Waals surface area contributed by atoms with E-state index >= 15 is 0 Å². The third-order valence-electron chi connectivity index (χ3n) is 3.85. The number of nitrogens with two attached hydrogens (primary N) is 1. The minimum atomic E-state index is -0.282. The first-order chi connectivity index (χ1) is 9.52. The van der Waals surface area contributed by atoms with Gasteiger partial charge in [0.05, 0.1) is 25.2 Å². The molecule has 0 saturated carbocycles. The Labute approximate surface area is 119 Å². The van der Waals surface area contributed by atoms with Gasteiger partial charge in [-0.2, -0.15) is 0 Å². The largest absolute Gasteiger partial charge is 0.378 e. The van der Waals surface area contributed by atoms with Crippen LogP contribution in [0.3, 0.4) is 0 Å². The molecule has 1 saturated heterocycles. The predicted molar refractivity (Wildman–Crippen MR) is 76.1 cm³/mol. The van der Waals surface area contributed by atoms with Crippen LogP contribution in [0.25, 0.3) is 0 Å². The number of aromatic nitrogens is 2. The Morgan fingerprint density at radius 2 is 2.00 bits per heavy atom. The van der Waals surface area contributed by atoms with Crippen molar-refractivity contribution in [3.63, 3.8) is 0 Å². The topological polar surface area (TPSA) is 73.4 Å². The number of carbonyl (C=O) groups excluding carboxylic acids is 1. The Morgan fingerprint density at radius 1 is 1.35 bits per heavy atom. The van der Waals surface area contributed by atoms with Crippen LogP contribution >= 0.6 is 0 Å². The second kappa shape index (κ2) is 6.37. The predicted octanol–water partition coefficient (Wildman–Crippen LogP) is 0.959. The van der Waals surface area contributed by atoms with Crippen molar-refractivity contribution in [1.82, 2.24) is 14.5 Å². The Morgan fingerprint density at radius 3 is 2.60 bits per heavy atom. The zero-order valence-electron chi connectivity index (χ0n) is 12.5. The molecule has 112 valence electrons. The first kappa shape index (κ1) is 15.0. The minimum absolute atomic E-state index is 0.100. The fourth-order valence-corrected chi connectivity index (χ4v) is 2.41. The zero-order chi connectivity index (χ0) is 14.7. The van der Waals surface area contributed by atoms with Gasteiger partial charge < -0.3 is 19.9 Å². The summed E-state index contributed by atoms with van der Waals surface area (Å²) in [4.78, 5) is 18.5. The standard InChI is InChI=1S/C14H24N4O2/c1-10(2)13(15)12-8-16-9-18(12)11(3)14(19)17-4-6-20-7-5-17/h8-11,13H,4-7,15H2,1-3H3. The lowest BCUT2D eigenvalue weighted by molar-refractivity contribution is -0.138. The molecule has 0 spiro atoms. The van der Waals surface area contributed by atoms with Gasteiger partial charge in [-0.05, 0) is 12.8 Å². The van der Waals surface area contributed by atoms with E-state index in [4.69, 9.17) is 10.5 Å². The van der Waals surface area contributed by atoms with Gasteiger partial charge in [0, 0.05) is 25.3 Å². The number of morpholine rings is 1. The van der Waals surface area contributed by atoms with Gasteiger partial charge in [-0.15, -0.1) is 0 Å². The first-order valence-corrected chi connectivity index (χ1v) is 7.16. The molecule has 6 nitrogen and oxygen atoms in total. The third-order valence-corrected chi connectivity index (χ3v) is 3.85. The maximum Gasteiger partial charge on any atom is 0.245 e. The minimum Gasteiger partial charge on any atom is -0.378 e. The van der Waals surface area contributed by atoms with Gasteiger partial charge in [0.2, 0.25) is 5.91 Å². The number of ether oxygens (including phenoxy) is 1. The molecule has 1 aliphatic heterocycles. The summed E-state index contributed by atoms with van der Waals surface area (Å²) < 4.78 is 7.17. The van der Waals surface area contributed by atoms with Crippen molar-refractivity contribution in [2.24, 2.45) is 11.7 Å². The lowest BCUT2D eigenvalue weighted by Crippen LogP contribution is -2.44. The summed E-state index contributed by atoms with van der Waals surface area (Å²) in [6.45, 7) is 8.57. The van der Waals surface area contributed by atoms with E-state index in [9.17, 15) is 4.79 Å². The summed E-state index contributed by atoms with van der Waals surface area (Å²) in [5.74, 6) is 0.402. The quantitative estimate of drug-likeness (QED) is 0.891. The summed E-state index contributed by atoms with van der Waals surface area (Å²) in [6, 6.07) is -0.396. The van der Waals surface area contributed by atoms with Gasteiger partial charge in [0.25, 0.3) is 0 Å². The van der Waals surface area contributed by atoms with E-state index in [1.165, 1.54) is 0 Å². The molecule has 1 aliphatic rings. The summed E-state index contributed by atoms with van der Waals surface area (Å²) >= 11 is 0. The monoisotopic (exact) mass is 280 g/mol. The second-order valence-electron chi connectivity index (χ2n) is 5.61. The van der Waals surface area contributed by atoms with Gasteiger partial charge >= 0.3 is 0 Å². The van der Waals surface area contributed by atoms with E-state index in [0.29, 0.717) is 32.2 Å². The molecule has 2 unspecified atom stereocenters. The fourth-order valence-electron chi connectivity index (χ4n) is 2.41. The van der Waals surface area contributed by atoms with Crippen LogP contribution in [0.1, 0.15) is 38.5 Å². The normalized spacial score (nSPS) is 19.1. The van der Waals surface area contributed by atoms with Crippen molar-refractivity contribution in [1.29, 1.82) is 0 Å². The number of imidazole rings is 1. The van der Waals surface area contributed by atoms with E-state index in [1.807, 2.05) is 16.4 Å². The highest BCUT2D eigenvalue weighted by Gasteiger charge is 2.26. The van der Waals surface area contributed by atoms with Gasteiger partial charge in [-0.25, -0.2) is 4.98 Å². The van der Waals surface area contributed by atoms with Crippen molar-refractivity contribution >= 4 is 5.91 Å². The Kier molecular flexibility index (Phi) is 4.77. The molecule has 2 atom stereocenters. The lowest BCUT2D eigenvalue weighted by Gasteiger charge is -2.30. The average Bonchev–Trinajstić information content (AvgIpc) is 2.94. The Bertz CT molecular complexity index is 452. The molecular weight excluding hydrogens is 256 g/mol. The molecule has 0 radical (unpaired) electrons. The van der Waals surface area contributed by atoms with E-state index in [2.05, 4.69) is 18.8 Å². The third kappa shape index (κ3) is 3.02. The molecule has 0 aromatic carbocycles. The highest BCUT2D eigenvalue weighted by Crippen LogP contribution is 2.22. The van der Waals surface area contributed by atoms with Crippen LogP contribution in [0.2, 0.25) is 0 Å². The molecule has 0 aliphatic carbocycles. The molecule has 1 amide bonds. The Hall–Kier alpha value is -1.40. The molecule has 0 bridgehead atoms. The average molecular weight is 280 g/mol. The van der Waals surface area contributed by atoms with Crippen molar-refractivity contribution in [2.75, 3.05) is 26.3 Å². The van der Waals surface area contributed by atoms with Gasteiger partial charge in [0.15, 0.2) is 0 Å². The molecule has 20 heavy (non-hydrogen) atoms. The molecule has 2 N–H and O–H groups in total. The molecule has 1 fully saturated rings. The number of rotatable bonds is 4. The zero-order valence-corrected chi connectivity index (χ0v) is 12.5. The molecule has 1 aromatic rings. The second-order valence-corrected chi connectivity index (χ2v) is 5.61. The SMILES string of the molecule is CC(C)C(N)c1cncn1C(C)C(=O)N1CCOCC1. The number of nitrogens with zero attached hydrogens (tertiary/aromatic N) is 3. The van der Waals surface area contributed by atoms with Crippen LogP contribution in [0, 0.1) is 5.92 Å². The van der Waals surface area contributed by atoms with Crippen LogP contribution in [0.15, 0.2) is 12.5 Å².